The van der Waals surface area contributed by atoms with Gasteiger partial charge in [0, 0.05) is 6.04 Å². The summed E-state index contributed by atoms with van der Waals surface area (Å²) in [6.07, 6.45) is 3.93. The molecule has 3 fully saturated rings. The van der Waals surface area contributed by atoms with Gasteiger partial charge in [0.05, 0.1) is 0 Å². The van der Waals surface area contributed by atoms with Crippen molar-refractivity contribution in [2.75, 3.05) is 0 Å². The Bertz CT molecular complexity index is 456. The van der Waals surface area contributed by atoms with E-state index in [1.165, 1.54) is 4.90 Å². The number of imide groups is 2. The molecule has 0 aromatic rings. The maximum Gasteiger partial charge on any atom is 0.331 e. The topological polar surface area (TPSA) is 66.5 Å². The molecule has 0 aromatic heterocycles. The summed E-state index contributed by atoms with van der Waals surface area (Å²) in [5.41, 5.74) is -0.931. The van der Waals surface area contributed by atoms with E-state index >= 15 is 0 Å². The van der Waals surface area contributed by atoms with Crippen LogP contribution in [0.2, 0.25) is 0 Å². The minimum absolute atomic E-state index is 0.0481. The van der Waals surface area contributed by atoms with Crippen LogP contribution in [-0.2, 0) is 9.59 Å². The van der Waals surface area contributed by atoms with Gasteiger partial charge in [-0.3, -0.25) is 19.8 Å². The summed E-state index contributed by atoms with van der Waals surface area (Å²) in [5.74, 6) is 0.183. The normalized spacial score (nSPS) is 37.5. The maximum atomic E-state index is 12.6. The molecule has 0 aromatic carbocycles. The number of carbonyl (C=O) groups is 3. The molecule has 4 amide bonds. The lowest BCUT2D eigenvalue weighted by atomic mass is 9.66. The van der Waals surface area contributed by atoms with Gasteiger partial charge in [0.15, 0.2) is 0 Å². The predicted molar refractivity (Wildman–Crippen MR) is 68.0 cm³/mol. The van der Waals surface area contributed by atoms with E-state index in [1.807, 2.05) is 0 Å². The lowest BCUT2D eigenvalue weighted by molar-refractivity contribution is -0.159. The number of carbonyl (C=O) groups excluding carboxylic acids is 3. The van der Waals surface area contributed by atoms with Crippen molar-refractivity contribution in [2.24, 2.45) is 17.3 Å². The molecule has 1 spiro atoms. The number of nitrogens with one attached hydrogen (secondary N) is 1. The van der Waals surface area contributed by atoms with Gasteiger partial charge in [-0.15, -0.1) is 0 Å². The van der Waals surface area contributed by atoms with Crippen LogP contribution in [0.25, 0.3) is 0 Å². The second-order valence-corrected chi connectivity index (χ2v) is 6.35. The first-order valence-electron chi connectivity index (χ1n) is 7.16. The monoisotopic (exact) mass is 264 g/mol. The van der Waals surface area contributed by atoms with E-state index in [-0.39, 0.29) is 17.9 Å². The molecule has 5 nitrogen and oxygen atoms in total. The smallest absolute Gasteiger partial charge is 0.277 e. The van der Waals surface area contributed by atoms with Crippen LogP contribution in [0, 0.1) is 17.3 Å². The third kappa shape index (κ3) is 1.56. The van der Waals surface area contributed by atoms with E-state index in [1.54, 1.807) is 0 Å². The number of hydrogen-bond donors (Lipinski definition) is 1. The van der Waals surface area contributed by atoms with Crippen molar-refractivity contribution < 1.29 is 14.4 Å². The van der Waals surface area contributed by atoms with Crippen molar-refractivity contribution in [1.29, 1.82) is 0 Å². The fourth-order valence-corrected chi connectivity index (χ4v) is 3.67. The zero-order valence-corrected chi connectivity index (χ0v) is 11.4. The molecule has 1 N–H and O–H groups in total. The molecule has 1 saturated heterocycles. The first-order chi connectivity index (χ1) is 8.97. The standard InChI is InChI=1S/C14H20N2O3/c1-8-4-5-10(9(8)2)16-12(18)14(6-3-7-14)11(17)15-13(16)19/h8-10H,3-7H2,1-2H3,(H,15,17,19). The number of rotatable bonds is 1. The second-order valence-electron chi connectivity index (χ2n) is 6.35. The van der Waals surface area contributed by atoms with Crippen molar-refractivity contribution in [1.82, 2.24) is 10.2 Å². The van der Waals surface area contributed by atoms with Gasteiger partial charge in [-0.2, -0.15) is 0 Å². The van der Waals surface area contributed by atoms with Crippen LogP contribution in [0.3, 0.4) is 0 Å². The SMILES string of the molecule is CC1CCC(N2C(=O)NC(=O)C3(CCC3)C2=O)C1C. The number of nitrogens with zero attached hydrogens (tertiary/aromatic N) is 1. The molecule has 0 bridgehead atoms. The van der Waals surface area contributed by atoms with E-state index in [2.05, 4.69) is 19.2 Å². The zero-order chi connectivity index (χ0) is 13.8. The Morgan fingerprint density at radius 2 is 1.84 bits per heavy atom. The molecule has 3 rings (SSSR count). The molecule has 104 valence electrons. The van der Waals surface area contributed by atoms with Gasteiger partial charge in [-0.25, -0.2) is 4.79 Å². The predicted octanol–water partition coefficient (Wildman–Crippen LogP) is 1.67. The van der Waals surface area contributed by atoms with Crippen LogP contribution in [0.5, 0.6) is 0 Å². The average Bonchev–Trinajstić information content (AvgIpc) is 2.59. The van der Waals surface area contributed by atoms with Crippen molar-refractivity contribution in [3.63, 3.8) is 0 Å². The first-order valence-corrected chi connectivity index (χ1v) is 7.16. The van der Waals surface area contributed by atoms with Gasteiger partial charge >= 0.3 is 6.03 Å². The van der Waals surface area contributed by atoms with Gasteiger partial charge in [0.25, 0.3) is 0 Å². The molecule has 1 aliphatic heterocycles. The summed E-state index contributed by atoms with van der Waals surface area (Å²) < 4.78 is 0. The van der Waals surface area contributed by atoms with Crippen LogP contribution >= 0.6 is 0 Å². The van der Waals surface area contributed by atoms with Crippen LogP contribution in [0.4, 0.5) is 4.79 Å². The maximum absolute atomic E-state index is 12.6. The molecule has 5 heteroatoms. The molecule has 19 heavy (non-hydrogen) atoms. The van der Waals surface area contributed by atoms with Crippen LogP contribution in [-0.4, -0.2) is 28.8 Å². The van der Waals surface area contributed by atoms with Crippen molar-refractivity contribution in [3.05, 3.63) is 0 Å². The lowest BCUT2D eigenvalue weighted by Gasteiger charge is -2.47. The number of urea groups is 1. The Kier molecular flexibility index (Phi) is 2.69. The van der Waals surface area contributed by atoms with E-state index in [0.717, 1.165) is 19.3 Å². The molecular weight excluding hydrogens is 244 g/mol. The Hall–Kier alpha value is -1.39. The third-order valence-electron chi connectivity index (χ3n) is 5.46. The minimum Gasteiger partial charge on any atom is -0.277 e. The van der Waals surface area contributed by atoms with Crippen molar-refractivity contribution in [3.8, 4) is 0 Å². The Balaban J connectivity index is 1.90. The molecular formula is C14H20N2O3. The number of hydrogen-bond acceptors (Lipinski definition) is 3. The van der Waals surface area contributed by atoms with E-state index in [0.29, 0.717) is 24.7 Å². The Morgan fingerprint density at radius 1 is 1.16 bits per heavy atom. The Labute approximate surface area is 112 Å². The summed E-state index contributed by atoms with van der Waals surface area (Å²) in [7, 11) is 0. The fraction of sp³-hybridized carbons (Fsp3) is 0.786. The molecule has 3 atom stereocenters. The summed E-state index contributed by atoms with van der Waals surface area (Å²) in [5, 5.41) is 2.39. The van der Waals surface area contributed by atoms with E-state index in [4.69, 9.17) is 0 Å². The second kappa shape index (κ2) is 4.05. The number of barbiturate groups is 1. The molecule has 3 unspecified atom stereocenters. The summed E-state index contributed by atoms with van der Waals surface area (Å²) in [6, 6.07) is -0.563. The lowest BCUT2D eigenvalue weighted by Crippen LogP contribution is -2.68. The van der Waals surface area contributed by atoms with E-state index in [9.17, 15) is 14.4 Å². The van der Waals surface area contributed by atoms with Gasteiger partial charge < -0.3 is 0 Å². The third-order valence-corrected chi connectivity index (χ3v) is 5.46. The summed E-state index contributed by atoms with van der Waals surface area (Å²) in [4.78, 5) is 38.0. The quantitative estimate of drug-likeness (QED) is 0.733. The fourth-order valence-electron chi connectivity index (χ4n) is 3.67. The molecule has 3 aliphatic rings. The molecule has 2 aliphatic carbocycles. The Morgan fingerprint density at radius 3 is 2.32 bits per heavy atom. The first kappa shape index (κ1) is 12.6. The minimum atomic E-state index is -0.931. The van der Waals surface area contributed by atoms with E-state index < -0.39 is 11.4 Å². The van der Waals surface area contributed by atoms with Gasteiger partial charge in [0.1, 0.15) is 5.41 Å². The van der Waals surface area contributed by atoms with Gasteiger partial charge in [0.2, 0.25) is 11.8 Å². The summed E-state index contributed by atoms with van der Waals surface area (Å²) >= 11 is 0. The highest BCUT2D eigenvalue weighted by Crippen LogP contribution is 2.46. The molecule has 2 saturated carbocycles. The van der Waals surface area contributed by atoms with Gasteiger partial charge in [-0.05, 0) is 37.5 Å². The molecule has 0 radical (unpaired) electrons. The average molecular weight is 264 g/mol. The molecule has 1 heterocycles. The van der Waals surface area contributed by atoms with Crippen LogP contribution in [0.15, 0.2) is 0 Å². The number of amides is 4. The largest absolute Gasteiger partial charge is 0.331 e. The summed E-state index contributed by atoms with van der Waals surface area (Å²) in [6.45, 7) is 4.24. The highest BCUT2D eigenvalue weighted by atomic mass is 16.2. The highest BCUT2D eigenvalue weighted by Gasteiger charge is 2.59. The highest BCUT2D eigenvalue weighted by molar-refractivity contribution is 6.19. The van der Waals surface area contributed by atoms with Crippen molar-refractivity contribution >= 4 is 17.8 Å². The zero-order valence-electron chi connectivity index (χ0n) is 11.4. The van der Waals surface area contributed by atoms with Gasteiger partial charge in [-0.1, -0.05) is 20.3 Å². The van der Waals surface area contributed by atoms with Crippen molar-refractivity contribution in [2.45, 2.75) is 52.0 Å². The van der Waals surface area contributed by atoms with Crippen LogP contribution < -0.4 is 5.32 Å². The van der Waals surface area contributed by atoms with Crippen LogP contribution in [0.1, 0.15) is 46.0 Å².